The van der Waals surface area contributed by atoms with Crippen LogP contribution in [0.4, 0.5) is 0 Å². The molecule has 0 amide bonds. The molecule has 0 radical (unpaired) electrons. The number of pyridine rings is 1. The molecule has 0 aliphatic carbocycles. The number of fused-ring (bicyclic) bond motifs is 1. The maximum absolute atomic E-state index is 6.06. The number of hydrogen-bond donors (Lipinski definition) is 1. The number of benzene rings is 1. The van der Waals surface area contributed by atoms with Crippen LogP contribution in [0.2, 0.25) is 0 Å². The molecule has 3 heteroatoms. The molecule has 1 aromatic carbocycles. The Labute approximate surface area is 102 Å². The molecular weight excluding hydrogens is 212 g/mol. The van der Waals surface area contributed by atoms with E-state index in [9.17, 15) is 0 Å². The largest absolute Gasteiger partial charge is 0.496 e. The van der Waals surface area contributed by atoms with Gasteiger partial charge in [-0.05, 0) is 44.5 Å². The zero-order valence-corrected chi connectivity index (χ0v) is 10.7. The molecule has 0 aliphatic heterocycles. The quantitative estimate of drug-likeness (QED) is 0.863. The third-order valence-corrected chi connectivity index (χ3v) is 2.98. The lowest BCUT2D eigenvalue weighted by atomic mass is 9.98. The number of nitrogens with zero attached hydrogens (tertiary/aromatic N) is 1. The van der Waals surface area contributed by atoms with Crippen molar-refractivity contribution in [3.8, 4) is 5.75 Å². The fraction of sp³-hybridized carbons (Fsp3) is 0.357. The molecule has 0 fully saturated rings. The van der Waals surface area contributed by atoms with Crippen LogP contribution in [0.5, 0.6) is 5.75 Å². The highest BCUT2D eigenvalue weighted by Crippen LogP contribution is 2.33. The molecule has 17 heavy (non-hydrogen) atoms. The molecule has 1 aromatic heterocycles. The highest BCUT2D eigenvalue weighted by atomic mass is 16.5. The highest BCUT2D eigenvalue weighted by molar-refractivity contribution is 5.88. The molecule has 0 saturated carbocycles. The predicted octanol–water partition coefficient (Wildman–Crippen LogP) is 2.88. The third kappa shape index (κ3) is 1.98. The van der Waals surface area contributed by atoms with Gasteiger partial charge in [0.2, 0.25) is 0 Å². The number of aromatic nitrogens is 1. The molecular formula is C14H18N2O. The molecule has 2 rings (SSSR count). The standard InChI is InChI=1S/C14H18N2O/c1-8-7-9(2)16-11-5-6-12(17-4)14(10(3)15)13(8)11/h5-7,10H,15H2,1-4H3. The van der Waals surface area contributed by atoms with Crippen molar-refractivity contribution >= 4 is 10.9 Å². The van der Waals surface area contributed by atoms with Crippen LogP contribution in [-0.4, -0.2) is 12.1 Å². The molecule has 3 nitrogen and oxygen atoms in total. The summed E-state index contributed by atoms with van der Waals surface area (Å²) < 4.78 is 5.39. The van der Waals surface area contributed by atoms with Gasteiger partial charge in [0.25, 0.3) is 0 Å². The number of rotatable bonds is 2. The van der Waals surface area contributed by atoms with Crippen molar-refractivity contribution in [3.63, 3.8) is 0 Å². The van der Waals surface area contributed by atoms with E-state index in [2.05, 4.69) is 18.0 Å². The van der Waals surface area contributed by atoms with Crippen LogP contribution in [-0.2, 0) is 0 Å². The maximum Gasteiger partial charge on any atom is 0.124 e. The van der Waals surface area contributed by atoms with Crippen LogP contribution in [0.1, 0.15) is 29.8 Å². The Morgan fingerprint density at radius 3 is 2.59 bits per heavy atom. The topological polar surface area (TPSA) is 48.1 Å². The van der Waals surface area contributed by atoms with E-state index in [-0.39, 0.29) is 6.04 Å². The van der Waals surface area contributed by atoms with E-state index in [1.54, 1.807) is 7.11 Å². The van der Waals surface area contributed by atoms with Crippen LogP contribution in [0.15, 0.2) is 18.2 Å². The predicted molar refractivity (Wildman–Crippen MR) is 70.4 cm³/mol. The first-order chi connectivity index (χ1) is 8.04. The summed E-state index contributed by atoms with van der Waals surface area (Å²) in [5.74, 6) is 0.834. The minimum atomic E-state index is -0.0724. The minimum Gasteiger partial charge on any atom is -0.496 e. The van der Waals surface area contributed by atoms with Gasteiger partial charge in [0.15, 0.2) is 0 Å². The van der Waals surface area contributed by atoms with E-state index in [1.807, 2.05) is 26.0 Å². The molecule has 2 N–H and O–H groups in total. The summed E-state index contributed by atoms with van der Waals surface area (Å²) >= 11 is 0. The fourth-order valence-corrected chi connectivity index (χ4v) is 2.33. The fourth-order valence-electron chi connectivity index (χ4n) is 2.33. The van der Waals surface area contributed by atoms with E-state index >= 15 is 0 Å². The lowest BCUT2D eigenvalue weighted by Gasteiger charge is -2.16. The van der Waals surface area contributed by atoms with Crippen molar-refractivity contribution < 1.29 is 4.74 Å². The minimum absolute atomic E-state index is 0.0724. The Kier molecular flexibility index (Phi) is 3.03. The third-order valence-electron chi connectivity index (χ3n) is 2.98. The van der Waals surface area contributed by atoms with E-state index in [0.29, 0.717) is 0 Å². The number of nitrogens with two attached hydrogens (primary N) is 1. The molecule has 0 aliphatic rings. The Morgan fingerprint density at radius 1 is 1.29 bits per heavy atom. The summed E-state index contributed by atoms with van der Waals surface area (Å²) in [5, 5.41) is 1.12. The van der Waals surface area contributed by atoms with Crippen LogP contribution in [0, 0.1) is 13.8 Å². The van der Waals surface area contributed by atoms with Crippen LogP contribution < -0.4 is 10.5 Å². The van der Waals surface area contributed by atoms with Crippen LogP contribution in [0.25, 0.3) is 10.9 Å². The smallest absolute Gasteiger partial charge is 0.124 e. The van der Waals surface area contributed by atoms with Gasteiger partial charge in [-0.15, -0.1) is 0 Å². The van der Waals surface area contributed by atoms with E-state index in [1.165, 1.54) is 5.56 Å². The van der Waals surface area contributed by atoms with E-state index in [4.69, 9.17) is 10.5 Å². The van der Waals surface area contributed by atoms with Crippen molar-refractivity contribution in [2.75, 3.05) is 7.11 Å². The lowest BCUT2D eigenvalue weighted by Crippen LogP contribution is -2.09. The van der Waals surface area contributed by atoms with Gasteiger partial charge in [0.05, 0.1) is 12.6 Å². The SMILES string of the molecule is COc1ccc2nc(C)cc(C)c2c1C(C)N. The Morgan fingerprint density at radius 2 is 2.00 bits per heavy atom. The van der Waals surface area contributed by atoms with Crippen molar-refractivity contribution in [2.45, 2.75) is 26.8 Å². The monoisotopic (exact) mass is 230 g/mol. The molecule has 0 saturated heterocycles. The highest BCUT2D eigenvalue weighted by Gasteiger charge is 2.14. The van der Waals surface area contributed by atoms with Gasteiger partial charge < -0.3 is 10.5 Å². The second-order valence-electron chi connectivity index (χ2n) is 4.44. The van der Waals surface area contributed by atoms with Crippen molar-refractivity contribution in [2.24, 2.45) is 5.73 Å². The average molecular weight is 230 g/mol. The first-order valence-corrected chi connectivity index (χ1v) is 5.75. The molecule has 0 spiro atoms. The number of methoxy groups -OCH3 is 1. The zero-order valence-electron chi connectivity index (χ0n) is 10.7. The van der Waals surface area contributed by atoms with Crippen LogP contribution in [0.3, 0.4) is 0 Å². The summed E-state index contributed by atoms with van der Waals surface area (Å²) in [6.45, 7) is 6.06. The summed E-state index contributed by atoms with van der Waals surface area (Å²) in [6.07, 6.45) is 0. The Bertz CT molecular complexity index is 562. The first-order valence-electron chi connectivity index (χ1n) is 5.75. The molecule has 2 aromatic rings. The summed E-state index contributed by atoms with van der Waals surface area (Å²) in [7, 11) is 1.67. The zero-order chi connectivity index (χ0) is 12.6. The second kappa shape index (κ2) is 4.34. The van der Waals surface area contributed by atoms with Gasteiger partial charge in [0.1, 0.15) is 5.75 Å². The van der Waals surface area contributed by atoms with Gasteiger partial charge in [-0.3, -0.25) is 4.98 Å². The van der Waals surface area contributed by atoms with Gasteiger partial charge in [-0.25, -0.2) is 0 Å². The molecule has 90 valence electrons. The Hall–Kier alpha value is -1.61. The summed E-state index contributed by atoms with van der Waals surface area (Å²) in [6, 6.07) is 5.93. The van der Waals surface area contributed by atoms with Gasteiger partial charge in [-0.2, -0.15) is 0 Å². The molecule has 1 heterocycles. The normalized spacial score (nSPS) is 12.8. The van der Waals surface area contributed by atoms with E-state index in [0.717, 1.165) is 27.9 Å². The van der Waals surface area contributed by atoms with Crippen molar-refractivity contribution in [1.82, 2.24) is 4.98 Å². The van der Waals surface area contributed by atoms with Gasteiger partial charge in [-0.1, -0.05) is 0 Å². The van der Waals surface area contributed by atoms with Crippen LogP contribution >= 0.6 is 0 Å². The van der Waals surface area contributed by atoms with E-state index < -0.39 is 0 Å². The number of aryl methyl sites for hydroxylation is 2. The Balaban J connectivity index is 2.89. The number of hydrogen-bond acceptors (Lipinski definition) is 3. The average Bonchev–Trinajstić information content (AvgIpc) is 2.27. The van der Waals surface area contributed by atoms with Crippen molar-refractivity contribution in [3.05, 3.63) is 35.0 Å². The maximum atomic E-state index is 6.06. The number of ether oxygens (including phenoxy) is 1. The molecule has 1 unspecified atom stereocenters. The van der Waals surface area contributed by atoms with Gasteiger partial charge >= 0.3 is 0 Å². The van der Waals surface area contributed by atoms with Crippen molar-refractivity contribution in [1.29, 1.82) is 0 Å². The molecule has 0 bridgehead atoms. The van der Waals surface area contributed by atoms with Gasteiger partial charge in [0, 0.05) is 22.7 Å². The lowest BCUT2D eigenvalue weighted by molar-refractivity contribution is 0.408. The summed E-state index contributed by atoms with van der Waals surface area (Å²) in [4.78, 5) is 4.54. The molecule has 1 atom stereocenters. The summed E-state index contributed by atoms with van der Waals surface area (Å²) in [5.41, 5.74) is 10.3. The first kappa shape index (κ1) is 11.9. The second-order valence-corrected chi connectivity index (χ2v) is 4.44.